The lowest BCUT2D eigenvalue weighted by Gasteiger charge is -2.46. The van der Waals surface area contributed by atoms with Crippen molar-refractivity contribution in [3.63, 3.8) is 0 Å². The van der Waals surface area contributed by atoms with Crippen molar-refractivity contribution in [2.75, 3.05) is 19.6 Å². The average molecular weight is 384 g/mol. The van der Waals surface area contributed by atoms with Crippen molar-refractivity contribution in [1.82, 2.24) is 14.8 Å². The first kappa shape index (κ1) is 17.2. The Morgan fingerprint density at radius 2 is 2.00 bits per heavy atom. The number of benzene rings is 1. The van der Waals surface area contributed by atoms with Crippen molar-refractivity contribution in [2.24, 2.45) is 11.8 Å². The van der Waals surface area contributed by atoms with Crippen LogP contribution >= 0.6 is 11.3 Å². The van der Waals surface area contributed by atoms with E-state index in [1.165, 1.54) is 37.0 Å². The first-order chi connectivity index (χ1) is 13.2. The molecule has 2 saturated heterocycles. The summed E-state index contributed by atoms with van der Waals surface area (Å²) in [6.45, 7) is 2.44. The van der Waals surface area contributed by atoms with E-state index in [0.29, 0.717) is 23.4 Å². The number of aromatic nitrogens is 1. The van der Waals surface area contributed by atoms with Crippen molar-refractivity contribution < 1.29 is 9.59 Å². The molecule has 1 saturated carbocycles. The predicted molar refractivity (Wildman–Crippen MR) is 106 cm³/mol. The Morgan fingerprint density at radius 3 is 2.81 bits per heavy atom. The standard InChI is InChI=1S/C21H25N3O2S/c25-20-17-11-15(13-23(20)12-14-5-1-2-6-14)9-10-24(17)21(26)19-22-16-7-3-4-8-18(16)27-19/h3-4,7-8,14-15,17H,1-2,5-6,9-13H2/t15-,17+/m0/s1. The van der Waals surface area contributed by atoms with Gasteiger partial charge in [0.25, 0.3) is 5.91 Å². The SMILES string of the molecule is O=C1[C@H]2C[C@H](CCN2C(=O)c2nc3ccccc3s2)CN1CC1CCCC1. The highest BCUT2D eigenvalue weighted by Crippen LogP contribution is 2.34. The zero-order valence-electron chi connectivity index (χ0n) is 15.5. The zero-order valence-corrected chi connectivity index (χ0v) is 16.3. The summed E-state index contributed by atoms with van der Waals surface area (Å²) in [5, 5.41) is 0.510. The van der Waals surface area contributed by atoms with Crippen LogP contribution in [0.1, 0.15) is 48.3 Å². The summed E-state index contributed by atoms with van der Waals surface area (Å²) < 4.78 is 1.02. The van der Waals surface area contributed by atoms with E-state index >= 15 is 0 Å². The summed E-state index contributed by atoms with van der Waals surface area (Å²) in [6, 6.07) is 7.53. The lowest BCUT2D eigenvalue weighted by molar-refractivity contribution is -0.144. The molecule has 2 amide bonds. The van der Waals surface area contributed by atoms with E-state index in [0.717, 1.165) is 36.1 Å². The molecule has 3 fully saturated rings. The number of fused-ring (bicyclic) bond motifs is 3. The highest BCUT2D eigenvalue weighted by molar-refractivity contribution is 7.20. The molecule has 1 aliphatic carbocycles. The van der Waals surface area contributed by atoms with Crippen molar-refractivity contribution in [3.8, 4) is 0 Å². The molecule has 0 unspecified atom stereocenters. The summed E-state index contributed by atoms with van der Waals surface area (Å²) in [5.41, 5.74) is 0.860. The van der Waals surface area contributed by atoms with Crippen molar-refractivity contribution >= 4 is 33.4 Å². The Hall–Kier alpha value is -1.95. The van der Waals surface area contributed by atoms with E-state index in [-0.39, 0.29) is 17.9 Å². The third-order valence-electron chi connectivity index (χ3n) is 6.48. The van der Waals surface area contributed by atoms with Crippen LogP contribution in [-0.2, 0) is 4.79 Å². The van der Waals surface area contributed by atoms with Gasteiger partial charge in [-0.3, -0.25) is 9.59 Å². The van der Waals surface area contributed by atoms with Crippen LogP contribution in [0.15, 0.2) is 24.3 Å². The van der Waals surface area contributed by atoms with E-state index in [9.17, 15) is 9.59 Å². The van der Waals surface area contributed by atoms with Crippen LogP contribution in [0.5, 0.6) is 0 Å². The van der Waals surface area contributed by atoms with Gasteiger partial charge in [-0.15, -0.1) is 11.3 Å². The van der Waals surface area contributed by atoms with Gasteiger partial charge in [0, 0.05) is 19.6 Å². The molecule has 2 bridgehead atoms. The number of carbonyl (C=O) groups excluding carboxylic acids is 2. The number of amides is 2. The lowest BCUT2D eigenvalue weighted by Crippen LogP contribution is -2.60. The molecule has 1 aromatic heterocycles. The Bertz CT molecular complexity index is 840. The van der Waals surface area contributed by atoms with Gasteiger partial charge in [0.15, 0.2) is 5.01 Å². The molecular formula is C21H25N3O2S. The minimum absolute atomic E-state index is 0.0734. The van der Waals surface area contributed by atoms with Crippen LogP contribution in [0.2, 0.25) is 0 Å². The second kappa shape index (κ2) is 6.89. The lowest BCUT2D eigenvalue weighted by atomic mass is 9.85. The molecule has 142 valence electrons. The summed E-state index contributed by atoms with van der Waals surface area (Å²) >= 11 is 1.43. The smallest absolute Gasteiger partial charge is 0.283 e. The fourth-order valence-electron chi connectivity index (χ4n) is 5.05. The second-order valence-electron chi connectivity index (χ2n) is 8.29. The maximum atomic E-state index is 13.2. The van der Waals surface area contributed by atoms with Gasteiger partial charge in [-0.2, -0.15) is 0 Å². The van der Waals surface area contributed by atoms with E-state index in [2.05, 4.69) is 9.88 Å². The Morgan fingerprint density at radius 1 is 1.19 bits per heavy atom. The summed E-state index contributed by atoms with van der Waals surface area (Å²) in [7, 11) is 0. The van der Waals surface area contributed by atoms with Gasteiger partial charge in [0.05, 0.1) is 10.2 Å². The van der Waals surface area contributed by atoms with Crippen LogP contribution in [-0.4, -0.2) is 52.3 Å². The number of thiazole rings is 1. The largest absolute Gasteiger partial charge is 0.340 e. The second-order valence-corrected chi connectivity index (χ2v) is 9.32. The predicted octanol–water partition coefficient (Wildman–Crippen LogP) is 3.55. The summed E-state index contributed by atoms with van der Waals surface area (Å²) in [5.74, 6) is 1.28. The number of nitrogens with zero attached hydrogens (tertiary/aromatic N) is 3. The highest BCUT2D eigenvalue weighted by atomic mass is 32.1. The van der Waals surface area contributed by atoms with Crippen LogP contribution in [0.25, 0.3) is 10.2 Å². The molecule has 6 heteroatoms. The average Bonchev–Trinajstić information content (AvgIpc) is 3.35. The summed E-state index contributed by atoms with van der Waals surface area (Å²) in [6.07, 6.45) is 6.88. The molecule has 0 spiro atoms. The van der Waals surface area contributed by atoms with Crippen molar-refractivity contribution in [2.45, 2.75) is 44.6 Å². The van der Waals surface area contributed by atoms with Crippen molar-refractivity contribution in [1.29, 1.82) is 0 Å². The van der Waals surface area contributed by atoms with Crippen LogP contribution in [0.3, 0.4) is 0 Å². The molecule has 2 aromatic rings. The maximum Gasteiger partial charge on any atom is 0.283 e. The third-order valence-corrected chi connectivity index (χ3v) is 7.50. The normalized spacial score (nSPS) is 26.1. The molecule has 2 atom stereocenters. The van der Waals surface area contributed by atoms with Crippen molar-refractivity contribution in [3.05, 3.63) is 29.3 Å². The first-order valence-corrected chi connectivity index (χ1v) is 11.0. The molecule has 1 aromatic carbocycles. The van der Waals surface area contributed by atoms with Gasteiger partial charge >= 0.3 is 0 Å². The van der Waals surface area contributed by atoms with Gasteiger partial charge in [-0.05, 0) is 49.7 Å². The monoisotopic (exact) mass is 383 g/mol. The fraction of sp³-hybridized carbons (Fsp3) is 0.571. The zero-order chi connectivity index (χ0) is 18.4. The Balaban J connectivity index is 1.36. The minimum atomic E-state index is -0.293. The van der Waals surface area contributed by atoms with E-state index in [1.54, 1.807) is 4.90 Å². The number of para-hydroxylation sites is 1. The molecule has 0 radical (unpaired) electrons. The Labute approximate surface area is 163 Å². The number of rotatable bonds is 3. The van der Waals surface area contributed by atoms with Crippen LogP contribution in [0, 0.1) is 11.8 Å². The molecule has 5 rings (SSSR count). The number of piperidine rings is 2. The first-order valence-electron chi connectivity index (χ1n) is 10.1. The molecule has 5 nitrogen and oxygen atoms in total. The fourth-order valence-corrected chi connectivity index (χ4v) is 5.97. The molecule has 0 N–H and O–H groups in total. The van der Waals surface area contributed by atoms with E-state index < -0.39 is 0 Å². The van der Waals surface area contributed by atoms with Gasteiger partial charge in [0.2, 0.25) is 5.91 Å². The van der Waals surface area contributed by atoms with E-state index in [1.807, 2.05) is 24.3 Å². The minimum Gasteiger partial charge on any atom is -0.340 e. The summed E-state index contributed by atoms with van der Waals surface area (Å²) in [4.78, 5) is 34.7. The third kappa shape index (κ3) is 3.14. The van der Waals surface area contributed by atoms with Gasteiger partial charge in [-0.1, -0.05) is 25.0 Å². The highest BCUT2D eigenvalue weighted by Gasteiger charge is 2.44. The number of hydrogen-bond donors (Lipinski definition) is 0. The molecule has 2 aliphatic heterocycles. The molecule has 3 aliphatic rings. The number of hydrogen-bond acceptors (Lipinski definition) is 4. The Kier molecular flexibility index (Phi) is 4.38. The molecule has 3 heterocycles. The number of likely N-dealkylation sites (tertiary alicyclic amines) is 2. The molecule has 27 heavy (non-hydrogen) atoms. The van der Waals surface area contributed by atoms with Gasteiger partial charge in [-0.25, -0.2) is 4.98 Å². The van der Waals surface area contributed by atoms with Crippen LogP contribution in [0.4, 0.5) is 0 Å². The topological polar surface area (TPSA) is 53.5 Å². The van der Waals surface area contributed by atoms with Crippen LogP contribution < -0.4 is 0 Å². The quantitative estimate of drug-likeness (QED) is 0.814. The van der Waals surface area contributed by atoms with E-state index in [4.69, 9.17) is 0 Å². The number of carbonyl (C=O) groups is 2. The van der Waals surface area contributed by atoms with Gasteiger partial charge in [0.1, 0.15) is 6.04 Å². The van der Waals surface area contributed by atoms with Gasteiger partial charge < -0.3 is 9.80 Å². The maximum absolute atomic E-state index is 13.2. The molecular weight excluding hydrogens is 358 g/mol.